The minimum Gasteiger partial charge on any atom is -0.380 e. The average Bonchev–Trinajstić information content (AvgIpc) is 2.29. The van der Waals surface area contributed by atoms with Crippen molar-refractivity contribution in [2.75, 3.05) is 12.8 Å². The summed E-state index contributed by atoms with van der Waals surface area (Å²) >= 11 is 1.53. The quantitative estimate of drug-likeness (QED) is 0.612. The maximum Gasteiger partial charge on any atom is 0.189 e. The van der Waals surface area contributed by atoms with Gasteiger partial charge in [-0.25, -0.2) is 0 Å². The molecular weight excluding hydrogens is 208 g/mol. The fourth-order valence-electron chi connectivity index (χ4n) is 1.07. The van der Waals surface area contributed by atoms with Crippen molar-refractivity contribution in [2.45, 2.75) is 6.92 Å². The van der Waals surface area contributed by atoms with Crippen LogP contribution < -0.4 is 5.32 Å². The van der Waals surface area contributed by atoms with Gasteiger partial charge in [0.2, 0.25) is 0 Å². The second-order valence-corrected chi connectivity index (χ2v) is 3.70. The van der Waals surface area contributed by atoms with Crippen molar-refractivity contribution in [1.29, 1.82) is 0 Å². The van der Waals surface area contributed by atoms with E-state index in [1.807, 2.05) is 13.2 Å². The highest BCUT2D eigenvalue weighted by Gasteiger charge is 2.03. The molecule has 0 fully saturated rings. The van der Waals surface area contributed by atoms with Gasteiger partial charge in [-0.05, 0) is 25.3 Å². The molecule has 0 saturated heterocycles. The molecule has 1 heterocycles. The van der Waals surface area contributed by atoms with Crippen molar-refractivity contribution in [3.63, 3.8) is 0 Å². The normalized spacial score (nSPS) is 11.2. The molecule has 0 aliphatic carbocycles. The van der Waals surface area contributed by atoms with E-state index < -0.39 is 0 Å². The van der Waals surface area contributed by atoms with E-state index >= 15 is 0 Å². The number of nitrogens with one attached hydrogen (secondary N) is 1. The zero-order valence-electron chi connectivity index (χ0n) is 8.86. The third kappa shape index (κ3) is 3.75. The summed E-state index contributed by atoms with van der Waals surface area (Å²) in [7, 11) is 0. The van der Waals surface area contributed by atoms with E-state index in [0.717, 1.165) is 11.6 Å². The van der Waals surface area contributed by atoms with Crippen LogP contribution in [0.2, 0.25) is 0 Å². The molecule has 1 rings (SSSR count). The largest absolute Gasteiger partial charge is 0.380 e. The van der Waals surface area contributed by atoms with Crippen molar-refractivity contribution >= 4 is 17.5 Å². The summed E-state index contributed by atoms with van der Waals surface area (Å²) in [4.78, 5) is 15.6. The number of hydrogen-bond acceptors (Lipinski definition) is 4. The third-order valence-corrected chi connectivity index (χ3v) is 2.48. The van der Waals surface area contributed by atoms with Gasteiger partial charge < -0.3 is 5.32 Å². The molecular formula is C11H14N2OS. The molecule has 1 N–H and O–H groups in total. The van der Waals surface area contributed by atoms with Crippen LogP contribution in [0.25, 0.3) is 0 Å². The highest BCUT2D eigenvalue weighted by atomic mass is 32.2. The van der Waals surface area contributed by atoms with Gasteiger partial charge in [0, 0.05) is 30.6 Å². The smallest absolute Gasteiger partial charge is 0.189 e. The monoisotopic (exact) mass is 222 g/mol. The van der Waals surface area contributed by atoms with Gasteiger partial charge in [0.05, 0.1) is 5.03 Å². The zero-order valence-corrected chi connectivity index (χ0v) is 9.67. The van der Waals surface area contributed by atoms with Gasteiger partial charge in [-0.3, -0.25) is 9.78 Å². The fraction of sp³-hybridized carbons (Fsp3) is 0.273. The van der Waals surface area contributed by atoms with Crippen LogP contribution in [0.15, 0.2) is 35.6 Å². The number of aromatic nitrogens is 1. The average molecular weight is 222 g/mol. The van der Waals surface area contributed by atoms with Crippen LogP contribution in [-0.2, 0) is 0 Å². The summed E-state index contributed by atoms with van der Waals surface area (Å²) < 4.78 is 0. The third-order valence-electron chi connectivity index (χ3n) is 1.78. The Bertz CT molecular complexity index is 349. The summed E-state index contributed by atoms with van der Waals surface area (Å²) in [5.74, 6) is -0.0200. The molecule has 0 aromatic carbocycles. The predicted octanol–water partition coefficient (Wildman–Crippen LogP) is 2.08. The van der Waals surface area contributed by atoms with Crippen LogP contribution in [0.4, 0.5) is 0 Å². The lowest BCUT2D eigenvalue weighted by Crippen LogP contribution is -2.11. The topological polar surface area (TPSA) is 42.0 Å². The molecule has 4 heteroatoms. The number of nitrogens with zero attached hydrogens (tertiary/aromatic N) is 1. The van der Waals surface area contributed by atoms with E-state index in [1.165, 1.54) is 11.8 Å². The first-order valence-electron chi connectivity index (χ1n) is 4.71. The van der Waals surface area contributed by atoms with Gasteiger partial charge in [-0.15, -0.1) is 11.8 Å². The van der Waals surface area contributed by atoms with Crippen molar-refractivity contribution in [1.82, 2.24) is 10.3 Å². The number of allylic oxidation sites excluding steroid dienone is 1. The Balaban J connectivity index is 2.77. The van der Waals surface area contributed by atoms with Crippen molar-refractivity contribution in [3.8, 4) is 0 Å². The van der Waals surface area contributed by atoms with Gasteiger partial charge in [0.15, 0.2) is 5.78 Å². The molecule has 0 aliphatic heterocycles. The summed E-state index contributed by atoms with van der Waals surface area (Å²) in [5.41, 5.74) is 0.613. The van der Waals surface area contributed by atoms with Gasteiger partial charge in [-0.1, -0.05) is 0 Å². The molecule has 15 heavy (non-hydrogen) atoms. The number of carbonyl (C=O) groups excluding carboxylic acids is 1. The first-order valence-corrected chi connectivity index (χ1v) is 5.94. The number of carbonyl (C=O) groups is 1. The molecule has 1 aromatic rings. The molecule has 3 nitrogen and oxygen atoms in total. The lowest BCUT2D eigenvalue weighted by atomic mass is 10.2. The lowest BCUT2D eigenvalue weighted by molar-refractivity contribution is 0.104. The lowest BCUT2D eigenvalue weighted by Gasteiger charge is -2.04. The molecule has 0 atom stereocenters. The van der Waals surface area contributed by atoms with Crippen LogP contribution in [0.3, 0.4) is 0 Å². The molecule has 80 valence electrons. The van der Waals surface area contributed by atoms with Gasteiger partial charge in [0.25, 0.3) is 0 Å². The summed E-state index contributed by atoms with van der Waals surface area (Å²) in [6.07, 6.45) is 6.76. The summed E-state index contributed by atoms with van der Waals surface area (Å²) in [6, 6.07) is 3.52. The van der Waals surface area contributed by atoms with Crippen LogP contribution in [0, 0.1) is 0 Å². The molecule has 0 aliphatic rings. The van der Waals surface area contributed by atoms with E-state index in [1.54, 1.807) is 30.6 Å². The molecule has 0 bridgehead atoms. The summed E-state index contributed by atoms with van der Waals surface area (Å²) in [6.45, 7) is 2.81. The second-order valence-electron chi connectivity index (χ2n) is 2.85. The molecule has 0 radical (unpaired) electrons. The zero-order chi connectivity index (χ0) is 11.1. The van der Waals surface area contributed by atoms with Crippen LogP contribution in [0.1, 0.15) is 17.3 Å². The van der Waals surface area contributed by atoms with Crippen LogP contribution >= 0.6 is 11.8 Å². The molecule has 0 saturated carbocycles. The van der Waals surface area contributed by atoms with Crippen molar-refractivity contribution in [2.24, 2.45) is 0 Å². The minimum absolute atomic E-state index is 0.0200. The SMILES string of the molecule is CCN/C(=C\C(=O)c1cccnc1)SC. The van der Waals surface area contributed by atoms with E-state index in [0.29, 0.717) is 5.56 Å². The van der Waals surface area contributed by atoms with Gasteiger partial charge in [-0.2, -0.15) is 0 Å². The maximum absolute atomic E-state index is 11.7. The number of hydrogen-bond donors (Lipinski definition) is 1. The Morgan fingerprint density at radius 3 is 3.00 bits per heavy atom. The Hall–Kier alpha value is -1.29. The first kappa shape index (κ1) is 11.8. The predicted molar refractivity (Wildman–Crippen MR) is 63.8 cm³/mol. The highest BCUT2D eigenvalue weighted by molar-refractivity contribution is 8.02. The Morgan fingerprint density at radius 2 is 2.47 bits per heavy atom. The Labute approximate surface area is 94.0 Å². The first-order chi connectivity index (χ1) is 7.27. The molecule has 1 aromatic heterocycles. The fourth-order valence-corrected chi connectivity index (χ4v) is 1.58. The number of ketones is 1. The van der Waals surface area contributed by atoms with E-state index in [4.69, 9.17) is 0 Å². The van der Waals surface area contributed by atoms with Crippen molar-refractivity contribution < 1.29 is 4.79 Å². The van der Waals surface area contributed by atoms with E-state index in [2.05, 4.69) is 10.3 Å². The number of thioether (sulfide) groups is 1. The summed E-state index contributed by atoms with van der Waals surface area (Å²) in [5, 5.41) is 4.00. The van der Waals surface area contributed by atoms with Crippen molar-refractivity contribution in [3.05, 3.63) is 41.2 Å². The minimum atomic E-state index is -0.0200. The van der Waals surface area contributed by atoms with Crippen LogP contribution in [-0.4, -0.2) is 23.6 Å². The maximum atomic E-state index is 11.7. The molecule has 0 amide bonds. The Morgan fingerprint density at radius 1 is 1.67 bits per heavy atom. The van der Waals surface area contributed by atoms with E-state index in [9.17, 15) is 4.79 Å². The standard InChI is InChI=1S/C11H14N2OS/c1-3-13-11(15-2)7-10(14)9-5-4-6-12-8-9/h4-8,13H,3H2,1-2H3/b11-7+. The second kappa shape index (κ2) is 6.24. The number of rotatable bonds is 5. The van der Waals surface area contributed by atoms with Crippen LogP contribution in [0.5, 0.6) is 0 Å². The number of pyridine rings is 1. The molecule has 0 spiro atoms. The van der Waals surface area contributed by atoms with Gasteiger partial charge in [0.1, 0.15) is 0 Å². The van der Waals surface area contributed by atoms with Gasteiger partial charge >= 0.3 is 0 Å². The highest BCUT2D eigenvalue weighted by Crippen LogP contribution is 2.09. The van der Waals surface area contributed by atoms with E-state index in [-0.39, 0.29) is 5.78 Å². The Kier molecular flexibility index (Phi) is 4.90. The molecule has 0 unspecified atom stereocenters.